The lowest BCUT2D eigenvalue weighted by Crippen LogP contribution is -2.33. The number of benzene rings is 4. The number of hydrogen-bond donors (Lipinski definition) is 1. The van der Waals surface area contributed by atoms with Gasteiger partial charge in [-0.3, -0.25) is 4.79 Å². The molecule has 0 saturated heterocycles. The number of ether oxygens (including phenoxy) is 2. The van der Waals surface area contributed by atoms with Gasteiger partial charge in [-0.1, -0.05) is 95.3 Å². The molecule has 0 saturated carbocycles. The van der Waals surface area contributed by atoms with E-state index in [1.807, 2.05) is 80.6 Å². The maximum absolute atomic E-state index is 12.6. The van der Waals surface area contributed by atoms with Crippen molar-refractivity contribution in [2.24, 2.45) is 5.92 Å². The number of ketones is 1. The maximum Gasteiger partial charge on any atom is 0.338 e. The van der Waals surface area contributed by atoms with E-state index in [-0.39, 0.29) is 29.9 Å². The van der Waals surface area contributed by atoms with Gasteiger partial charge in [-0.25, -0.2) is 4.79 Å². The molecule has 4 aromatic carbocycles. The molecule has 2 aliphatic rings. The SMILES string of the molecule is CC1Oc2ccccc2C(=O)C1C.CCC(C)c1ccc(C(=O)OC2CCCCc3ccccc32)cc1.CCC(C)c1ccc(O)cc1. The summed E-state index contributed by atoms with van der Waals surface area (Å²) in [5.74, 6) is 2.12. The third kappa shape index (κ3) is 9.59. The number of carbonyl (C=O) groups is 2. The molecule has 0 aromatic heterocycles. The molecular formula is C43H52O5. The molecule has 5 nitrogen and oxygen atoms in total. The van der Waals surface area contributed by atoms with E-state index in [2.05, 4.69) is 45.9 Å². The topological polar surface area (TPSA) is 72.8 Å². The van der Waals surface area contributed by atoms with Crippen molar-refractivity contribution >= 4 is 11.8 Å². The zero-order valence-electron chi connectivity index (χ0n) is 29.4. The number of fused-ring (bicyclic) bond motifs is 2. The maximum atomic E-state index is 12.6. The third-order valence-electron chi connectivity index (χ3n) is 9.80. The van der Waals surface area contributed by atoms with Gasteiger partial charge < -0.3 is 14.6 Å². The lowest BCUT2D eigenvalue weighted by atomic mass is 9.92. The third-order valence-corrected chi connectivity index (χ3v) is 9.80. The summed E-state index contributed by atoms with van der Waals surface area (Å²) in [6.07, 6.45) is 6.36. The first-order valence-electron chi connectivity index (χ1n) is 17.6. The lowest BCUT2D eigenvalue weighted by molar-refractivity contribution is 0.0275. The number of Topliss-reactive ketones (excluding diaryl/α,β-unsaturated/α-hetero) is 1. The summed E-state index contributed by atoms with van der Waals surface area (Å²) in [6.45, 7) is 12.6. The summed E-state index contributed by atoms with van der Waals surface area (Å²) in [5, 5.41) is 9.01. The van der Waals surface area contributed by atoms with Gasteiger partial charge in [0.15, 0.2) is 5.78 Å². The number of esters is 1. The summed E-state index contributed by atoms with van der Waals surface area (Å²) >= 11 is 0. The minimum absolute atomic E-state index is 0.0117. The number of rotatable bonds is 6. The number of phenols is 1. The number of carbonyl (C=O) groups excluding carboxylic acids is 2. The van der Waals surface area contributed by atoms with Crippen LogP contribution in [-0.2, 0) is 11.2 Å². The molecule has 0 bridgehead atoms. The standard InChI is InChI=1S/C22H26O2.C11H12O2.C10H14O/c1-3-16(2)17-12-14-19(15-13-17)22(23)24-21-11-7-5-9-18-8-4-6-10-20(18)21;1-7-8(2)13-10-6-4-3-5-9(10)11(7)12;1-3-8(2)9-4-6-10(11)7-5-9/h4,6,8,10,12-16,21H,3,5,7,9,11H2,1-2H3;3-8H,1-2H3;4-8,11H,3H2,1-2H3. The van der Waals surface area contributed by atoms with Gasteiger partial charge in [-0.05, 0) is 116 Å². The van der Waals surface area contributed by atoms with Gasteiger partial charge in [0, 0.05) is 0 Å². The predicted molar refractivity (Wildman–Crippen MR) is 194 cm³/mol. The van der Waals surface area contributed by atoms with E-state index in [1.165, 1.54) is 22.3 Å². The summed E-state index contributed by atoms with van der Waals surface area (Å²) in [7, 11) is 0. The summed E-state index contributed by atoms with van der Waals surface area (Å²) < 4.78 is 11.5. The van der Waals surface area contributed by atoms with Crippen LogP contribution in [0.4, 0.5) is 0 Å². The molecule has 0 spiro atoms. The van der Waals surface area contributed by atoms with Crippen LogP contribution >= 0.6 is 0 Å². The zero-order chi connectivity index (χ0) is 34.6. The van der Waals surface area contributed by atoms with Crippen LogP contribution < -0.4 is 4.74 Å². The first-order valence-corrected chi connectivity index (χ1v) is 17.6. The second-order valence-electron chi connectivity index (χ2n) is 13.1. The number of phenolic OH excluding ortho intramolecular Hbond substituents is 1. The highest BCUT2D eigenvalue weighted by Crippen LogP contribution is 2.33. The predicted octanol–water partition coefficient (Wildman–Crippen LogP) is 11.0. The molecule has 1 aliphatic heterocycles. The number of aryl methyl sites for hydroxylation is 1. The van der Waals surface area contributed by atoms with Gasteiger partial charge in [0.2, 0.25) is 0 Å². The van der Waals surface area contributed by atoms with Crippen LogP contribution in [0.25, 0.3) is 0 Å². The number of hydrogen-bond acceptors (Lipinski definition) is 5. The number of aromatic hydroxyl groups is 1. The first-order chi connectivity index (χ1) is 23.1. The zero-order valence-corrected chi connectivity index (χ0v) is 29.4. The van der Waals surface area contributed by atoms with Gasteiger partial charge in [0.05, 0.1) is 17.0 Å². The molecule has 254 valence electrons. The van der Waals surface area contributed by atoms with Crippen LogP contribution in [-0.4, -0.2) is 23.0 Å². The molecule has 0 fully saturated rings. The van der Waals surface area contributed by atoms with Crippen molar-refractivity contribution in [1.29, 1.82) is 0 Å². The normalized spacial score (nSPS) is 19.3. The largest absolute Gasteiger partial charge is 0.508 e. The molecule has 4 aromatic rings. The molecule has 6 rings (SSSR count). The van der Waals surface area contributed by atoms with Crippen LogP contribution in [0.1, 0.15) is 135 Å². The summed E-state index contributed by atoms with van der Waals surface area (Å²) in [5.41, 5.74) is 6.43. The molecule has 5 atom stereocenters. The van der Waals surface area contributed by atoms with E-state index in [4.69, 9.17) is 14.6 Å². The second kappa shape index (κ2) is 17.7. The quantitative estimate of drug-likeness (QED) is 0.166. The van der Waals surface area contributed by atoms with E-state index in [9.17, 15) is 9.59 Å². The highest BCUT2D eigenvalue weighted by Gasteiger charge is 2.30. The van der Waals surface area contributed by atoms with Crippen molar-refractivity contribution < 1.29 is 24.2 Å². The fourth-order valence-electron chi connectivity index (χ4n) is 5.95. The van der Waals surface area contributed by atoms with E-state index in [0.29, 0.717) is 28.7 Å². The Kier molecular flexibility index (Phi) is 13.4. The van der Waals surface area contributed by atoms with Crippen molar-refractivity contribution in [2.75, 3.05) is 0 Å². The molecule has 0 radical (unpaired) electrons. The van der Waals surface area contributed by atoms with E-state index >= 15 is 0 Å². The average molecular weight is 649 g/mol. The van der Waals surface area contributed by atoms with Gasteiger partial charge >= 0.3 is 5.97 Å². The Hall–Kier alpha value is -4.38. The summed E-state index contributed by atoms with van der Waals surface area (Å²) in [6, 6.07) is 31.1. The van der Waals surface area contributed by atoms with Crippen LogP contribution in [0.5, 0.6) is 11.5 Å². The minimum atomic E-state index is -0.215. The van der Waals surface area contributed by atoms with Gasteiger partial charge in [0.25, 0.3) is 0 Å². The lowest BCUT2D eigenvalue weighted by Gasteiger charge is -2.27. The monoisotopic (exact) mass is 648 g/mol. The van der Waals surface area contributed by atoms with E-state index in [0.717, 1.165) is 44.3 Å². The van der Waals surface area contributed by atoms with Crippen molar-refractivity contribution in [1.82, 2.24) is 0 Å². The molecule has 5 unspecified atom stereocenters. The van der Waals surface area contributed by atoms with Crippen molar-refractivity contribution in [2.45, 2.75) is 104 Å². The van der Waals surface area contributed by atoms with Crippen LogP contribution in [0.2, 0.25) is 0 Å². The Labute approximate surface area is 287 Å². The Bertz CT molecular complexity index is 1610. The Morgan fingerprint density at radius 1 is 0.812 bits per heavy atom. The highest BCUT2D eigenvalue weighted by atomic mass is 16.5. The molecule has 1 N–H and O–H groups in total. The Morgan fingerprint density at radius 2 is 1.40 bits per heavy atom. The summed E-state index contributed by atoms with van der Waals surface area (Å²) in [4.78, 5) is 24.3. The molecule has 1 aliphatic carbocycles. The minimum Gasteiger partial charge on any atom is -0.508 e. The van der Waals surface area contributed by atoms with Crippen LogP contribution in [0, 0.1) is 5.92 Å². The average Bonchev–Trinajstić information content (AvgIpc) is 3.33. The van der Waals surface area contributed by atoms with E-state index in [1.54, 1.807) is 12.1 Å². The Morgan fingerprint density at radius 3 is 2.04 bits per heavy atom. The molecular weight excluding hydrogens is 596 g/mol. The van der Waals surface area contributed by atoms with Crippen molar-refractivity contribution in [3.05, 3.63) is 130 Å². The van der Waals surface area contributed by atoms with Gasteiger partial charge in [-0.2, -0.15) is 0 Å². The highest BCUT2D eigenvalue weighted by molar-refractivity contribution is 6.01. The van der Waals surface area contributed by atoms with Crippen LogP contribution in [0.15, 0.2) is 97.1 Å². The van der Waals surface area contributed by atoms with Crippen molar-refractivity contribution in [3.8, 4) is 11.5 Å². The van der Waals surface area contributed by atoms with Crippen LogP contribution in [0.3, 0.4) is 0 Å². The fraction of sp³-hybridized carbons (Fsp3) is 0.395. The molecule has 48 heavy (non-hydrogen) atoms. The first kappa shape index (κ1) is 36.5. The van der Waals surface area contributed by atoms with Gasteiger partial charge in [-0.15, -0.1) is 0 Å². The van der Waals surface area contributed by atoms with E-state index < -0.39 is 0 Å². The fourth-order valence-corrected chi connectivity index (χ4v) is 5.95. The van der Waals surface area contributed by atoms with Crippen molar-refractivity contribution in [3.63, 3.8) is 0 Å². The second-order valence-corrected chi connectivity index (χ2v) is 13.1. The Balaban J connectivity index is 0.000000182. The molecule has 5 heteroatoms. The number of para-hydroxylation sites is 1. The molecule has 0 amide bonds. The smallest absolute Gasteiger partial charge is 0.338 e. The molecule has 1 heterocycles. The van der Waals surface area contributed by atoms with Gasteiger partial charge in [0.1, 0.15) is 23.7 Å².